The van der Waals surface area contributed by atoms with Gasteiger partial charge >= 0.3 is 0 Å². The van der Waals surface area contributed by atoms with E-state index < -0.39 is 0 Å². The van der Waals surface area contributed by atoms with Crippen molar-refractivity contribution < 1.29 is 0 Å². The second-order valence-corrected chi connectivity index (χ2v) is 2.66. The molecular formula is C4H5N7S. The Bertz CT molecular complexity index is 351. The van der Waals surface area contributed by atoms with Crippen LogP contribution in [-0.4, -0.2) is 37.0 Å². The van der Waals surface area contributed by atoms with Gasteiger partial charge in [-0.1, -0.05) is 0 Å². The second kappa shape index (κ2) is 2.81. The SMILES string of the molecule is CNc1nc(-c2nn[nH]n2)ns1. The van der Waals surface area contributed by atoms with Crippen molar-refractivity contribution in [3.63, 3.8) is 0 Å². The molecule has 0 unspecified atom stereocenters. The van der Waals surface area contributed by atoms with E-state index in [1.165, 1.54) is 11.5 Å². The highest BCUT2D eigenvalue weighted by molar-refractivity contribution is 7.09. The van der Waals surface area contributed by atoms with E-state index in [1.807, 2.05) is 0 Å². The molecule has 0 atom stereocenters. The number of aromatic amines is 1. The third-order valence-electron chi connectivity index (χ3n) is 1.19. The largest absolute Gasteiger partial charge is 0.363 e. The molecule has 0 bridgehead atoms. The van der Waals surface area contributed by atoms with Gasteiger partial charge in [-0.05, 0) is 5.21 Å². The van der Waals surface area contributed by atoms with Gasteiger partial charge in [0.15, 0.2) is 0 Å². The molecule has 0 aliphatic rings. The summed E-state index contributed by atoms with van der Waals surface area (Å²) in [7, 11) is 1.78. The first-order chi connectivity index (χ1) is 5.90. The number of hydrogen-bond donors (Lipinski definition) is 2. The van der Waals surface area contributed by atoms with Gasteiger partial charge in [0.25, 0.3) is 0 Å². The summed E-state index contributed by atoms with van der Waals surface area (Å²) in [5.74, 6) is 0.894. The monoisotopic (exact) mass is 183 g/mol. The second-order valence-electron chi connectivity index (χ2n) is 1.91. The Morgan fingerprint density at radius 1 is 1.42 bits per heavy atom. The molecule has 12 heavy (non-hydrogen) atoms. The van der Waals surface area contributed by atoms with Gasteiger partial charge in [-0.3, -0.25) is 0 Å². The Kier molecular flexibility index (Phi) is 1.67. The summed E-state index contributed by atoms with van der Waals surface area (Å²) >= 11 is 1.25. The van der Waals surface area contributed by atoms with Crippen LogP contribution in [0.2, 0.25) is 0 Å². The molecule has 0 aliphatic carbocycles. The van der Waals surface area contributed by atoms with Gasteiger partial charge in [-0.2, -0.15) is 14.6 Å². The normalized spacial score (nSPS) is 10.1. The summed E-state index contributed by atoms with van der Waals surface area (Å²) in [5.41, 5.74) is 0. The molecule has 0 aliphatic heterocycles. The van der Waals surface area contributed by atoms with Crippen LogP contribution in [0.5, 0.6) is 0 Å². The molecule has 2 aromatic rings. The first kappa shape index (κ1) is 7.10. The fourth-order valence-electron chi connectivity index (χ4n) is 0.672. The predicted octanol–water partition coefficient (Wildman–Crippen LogP) is -0.240. The summed E-state index contributed by atoms with van der Waals surface area (Å²) in [6, 6.07) is 0. The number of H-pyrrole nitrogens is 1. The van der Waals surface area contributed by atoms with Crippen LogP contribution in [0, 0.1) is 0 Å². The minimum absolute atomic E-state index is 0.410. The van der Waals surface area contributed by atoms with Crippen molar-refractivity contribution in [1.82, 2.24) is 30.0 Å². The van der Waals surface area contributed by atoms with Gasteiger partial charge in [0.05, 0.1) is 0 Å². The maximum Gasteiger partial charge on any atom is 0.242 e. The molecule has 0 fully saturated rings. The van der Waals surface area contributed by atoms with Gasteiger partial charge in [-0.25, -0.2) is 0 Å². The van der Waals surface area contributed by atoms with Gasteiger partial charge in [0, 0.05) is 18.6 Å². The Hall–Kier alpha value is -1.57. The molecule has 0 radical (unpaired) electrons. The lowest BCUT2D eigenvalue weighted by atomic mass is 10.6. The lowest BCUT2D eigenvalue weighted by Crippen LogP contribution is -1.87. The number of nitrogens with zero attached hydrogens (tertiary/aromatic N) is 5. The van der Waals surface area contributed by atoms with E-state index in [-0.39, 0.29) is 0 Å². The molecule has 0 saturated carbocycles. The van der Waals surface area contributed by atoms with E-state index >= 15 is 0 Å². The zero-order chi connectivity index (χ0) is 8.39. The average Bonchev–Trinajstić information content (AvgIpc) is 2.75. The molecule has 0 saturated heterocycles. The van der Waals surface area contributed by atoms with Crippen LogP contribution in [-0.2, 0) is 0 Å². The van der Waals surface area contributed by atoms with Crippen molar-refractivity contribution in [3.8, 4) is 11.6 Å². The fourth-order valence-corrected chi connectivity index (χ4v) is 1.19. The van der Waals surface area contributed by atoms with Crippen LogP contribution in [0.25, 0.3) is 11.6 Å². The summed E-state index contributed by atoms with van der Waals surface area (Å²) in [6.45, 7) is 0. The molecule has 0 aromatic carbocycles. The van der Waals surface area contributed by atoms with Crippen molar-refractivity contribution >= 4 is 16.7 Å². The van der Waals surface area contributed by atoms with Gasteiger partial charge in [0.2, 0.25) is 16.8 Å². The summed E-state index contributed by atoms with van der Waals surface area (Å²) in [5, 5.41) is 16.8. The fraction of sp³-hybridized carbons (Fsp3) is 0.250. The predicted molar refractivity (Wildman–Crippen MR) is 42.6 cm³/mol. The highest BCUT2D eigenvalue weighted by Gasteiger charge is 2.08. The zero-order valence-corrected chi connectivity index (χ0v) is 6.96. The topological polar surface area (TPSA) is 92.3 Å². The Morgan fingerprint density at radius 3 is 2.92 bits per heavy atom. The minimum atomic E-state index is 0.410. The van der Waals surface area contributed by atoms with E-state index in [2.05, 4.69) is 35.3 Å². The van der Waals surface area contributed by atoms with Gasteiger partial charge in [-0.15, -0.1) is 10.2 Å². The quantitative estimate of drug-likeness (QED) is 0.667. The third kappa shape index (κ3) is 1.11. The van der Waals surface area contributed by atoms with Crippen LogP contribution < -0.4 is 5.32 Å². The highest BCUT2D eigenvalue weighted by atomic mass is 32.1. The molecule has 7 nitrogen and oxygen atoms in total. The first-order valence-corrected chi connectivity index (χ1v) is 3.93. The highest BCUT2D eigenvalue weighted by Crippen LogP contribution is 2.15. The number of anilines is 1. The average molecular weight is 183 g/mol. The Labute approximate surface area is 71.4 Å². The lowest BCUT2D eigenvalue weighted by molar-refractivity contribution is 0.881. The van der Waals surface area contributed by atoms with Crippen LogP contribution >= 0.6 is 11.5 Å². The number of aromatic nitrogens is 6. The van der Waals surface area contributed by atoms with E-state index in [4.69, 9.17) is 0 Å². The van der Waals surface area contributed by atoms with Crippen molar-refractivity contribution in [3.05, 3.63) is 0 Å². The van der Waals surface area contributed by atoms with Crippen molar-refractivity contribution in [1.29, 1.82) is 0 Å². The van der Waals surface area contributed by atoms with Crippen molar-refractivity contribution in [2.24, 2.45) is 0 Å². The molecule has 2 N–H and O–H groups in total. The van der Waals surface area contributed by atoms with E-state index in [1.54, 1.807) is 7.05 Å². The minimum Gasteiger partial charge on any atom is -0.363 e. The summed E-state index contributed by atoms with van der Waals surface area (Å²) in [6.07, 6.45) is 0. The zero-order valence-electron chi connectivity index (χ0n) is 6.14. The van der Waals surface area contributed by atoms with Crippen molar-refractivity contribution in [2.75, 3.05) is 12.4 Å². The number of nitrogens with one attached hydrogen (secondary N) is 2. The molecule has 2 rings (SSSR count). The van der Waals surface area contributed by atoms with Crippen molar-refractivity contribution in [2.45, 2.75) is 0 Å². The smallest absolute Gasteiger partial charge is 0.242 e. The standard InChI is InChI=1S/C4H5N7S/c1-5-4-6-2(9-12-4)3-7-10-11-8-3/h1H3,(H,5,6,9)(H,7,8,10,11). The Morgan fingerprint density at radius 2 is 2.33 bits per heavy atom. The number of hydrogen-bond acceptors (Lipinski definition) is 7. The van der Waals surface area contributed by atoms with Crippen LogP contribution in [0.4, 0.5) is 5.13 Å². The molecule has 0 spiro atoms. The molecule has 62 valence electrons. The lowest BCUT2D eigenvalue weighted by Gasteiger charge is -1.84. The van der Waals surface area contributed by atoms with E-state index in [0.717, 1.165) is 5.13 Å². The van der Waals surface area contributed by atoms with Crippen LogP contribution in [0.3, 0.4) is 0 Å². The molecule has 0 amide bonds. The van der Waals surface area contributed by atoms with Crippen LogP contribution in [0.15, 0.2) is 0 Å². The molecule has 8 heteroatoms. The maximum atomic E-state index is 4.08. The molecule has 2 aromatic heterocycles. The molecule has 2 heterocycles. The van der Waals surface area contributed by atoms with Gasteiger partial charge < -0.3 is 5.32 Å². The van der Waals surface area contributed by atoms with E-state index in [0.29, 0.717) is 11.6 Å². The summed E-state index contributed by atoms with van der Waals surface area (Å²) in [4.78, 5) is 4.08. The number of tetrazole rings is 1. The van der Waals surface area contributed by atoms with Gasteiger partial charge in [0.1, 0.15) is 0 Å². The first-order valence-electron chi connectivity index (χ1n) is 3.15. The van der Waals surface area contributed by atoms with E-state index in [9.17, 15) is 0 Å². The molecular weight excluding hydrogens is 178 g/mol. The maximum absolute atomic E-state index is 4.08. The number of rotatable bonds is 2. The Balaban J connectivity index is 2.35. The third-order valence-corrected chi connectivity index (χ3v) is 1.92. The van der Waals surface area contributed by atoms with Crippen LogP contribution in [0.1, 0.15) is 0 Å². The summed E-state index contributed by atoms with van der Waals surface area (Å²) < 4.78 is 4.01.